The van der Waals surface area contributed by atoms with Crippen LogP contribution in [-0.2, 0) is 14.8 Å². The number of sulfonamides is 1. The first kappa shape index (κ1) is 23.0. The molecule has 0 fully saturated rings. The van der Waals surface area contributed by atoms with Crippen LogP contribution in [0.15, 0.2) is 42.5 Å². The summed E-state index contributed by atoms with van der Waals surface area (Å²) in [5.74, 6) is -0.0706. The molecule has 2 rings (SSSR count). The normalized spacial score (nSPS) is 11.4. The minimum atomic E-state index is -3.46. The Labute approximate surface area is 175 Å². The van der Waals surface area contributed by atoms with Gasteiger partial charge in [-0.15, -0.1) is 0 Å². The molecule has 0 atom stereocenters. The fraction of sp³-hybridized carbons (Fsp3) is 0.300. The van der Waals surface area contributed by atoms with Gasteiger partial charge in [0, 0.05) is 16.9 Å². The Hall–Kier alpha value is -3.27. The van der Waals surface area contributed by atoms with E-state index in [1.165, 1.54) is 25.3 Å². The van der Waals surface area contributed by atoms with Gasteiger partial charge in [0.05, 0.1) is 19.1 Å². The smallest absolute Gasteiger partial charge is 0.412 e. The van der Waals surface area contributed by atoms with Crippen LogP contribution in [0.5, 0.6) is 5.75 Å². The summed E-state index contributed by atoms with van der Waals surface area (Å²) in [6.07, 6.45) is 0.361. The number of rotatable bonds is 6. The van der Waals surface area contributed by atoms with Gasteiger partial charge in [-0.1, -0.05) is 6.07 Å². The first-order valence-corrected chi connectivity index (χ1v) is 10.8. The molecule has 30 heavy (non-hydrogen) atoms. The third-order valence-electron chi connectivity index (χ3n) is 3.52. The molecule has 0 heterocycles. The fourth-order valence-electron chi connectivity index (χ4n) is 2.44. The van der Waals surface area contributed by atoms with E-state index < -0.39 is 27.6 Å². The molecule has 0 aliphatic rings. The average molecular weight is 436 g/mol. The van der Waals surface area contributed by atoms with E-state index >= 15 is 0 Å². The van der Waals surface area contributed by atoms with Crippen molar-refractivity contribution in [3.05, 3.63) is 48.0 Å². The lowest BCUT2D eigenvalue weighted by atomic mass is 10.2. The van der Waals surface area contributed by atoms with Gasteiger partial charge in [-0.3, -0.25) is 14.8 Å². The highest BCUT2D eigenvalue weighted by Crippen LogP contribution is 2.29. The molecular weight excluding hydrogens is 410 g/mol. The predicted octanol–water partition coefficient (Wildman–Crippen LogP) is 3.67. The number of carbonyl (C=O) groups is 2. The van der Waals surface area contributed by atoms with E-state index in [9.17, 15) is 18.0 Å². The molecule has 0 saturated heterocycles. The molecule has 0 saturated carbocycles. The largest absolute Gasteiger partial charge is 0.495 e. The fourth-order valence-corrected chi connectivity index (χ4v) is 2.99. The SMILES string of the molecule is COc1ccc(NC(=O)c2cccc(NS(C)(=O)=O)c2)cc1NC(=O)OC(C)(C)C. The van der Waals surface area contributed by atoms with Crippen molar-refractivity contribution in [1.29, 1.82) is 0 Å². The minimum Gasteiger partial charge on any atom is -0.495 e. The zero-order chi connectivity index (χ0) is 22.5. The van der Waals surface area contributed by atoms with Crippen molar-refractivity contribution < 1.29 is 27.5 Å². The summed E-state index contributed by atoms with van der Waals surface area (Å²) in [5.41, 5.74) is 0.562. The van der Waals surface area contributed by atoms with E-state index in [2.05, 4.69) is 15.4 Å². The number of nitrogens with one attached hydrogen (secondary N) is 3. The number of anilines is 3. The Morgan fingerprint density at radius 3 is 2.27 bits per heavy atom. The van der Waals surface area contributed by atoms with Crippen LogP contribution in [-0.4, -0.2) is 39.4 Å². The Morgan fingerprint density at radius 2 is 1.67 bits per heavy atom. The molecule has 9 nitrogen and oxygen atoms in total. The van der Waals surface area contributed by atoms with E-state index in [-0.39, 0.29) is 11.3 Å². The predicted molar refractivity (Wildman–Crippen MR) is 116 cm³/mol. The van der Waals surface area contributed by atoms with Crippen molar-refractivity contribution in [3.63, 3.8) is 0 Å². The Morgan fingerprint density at radius 1 is 0.967 bits per heavy atom. The topological polar surface area (TPSA) is 123 Å². The standard InChI is InChI=1S/C20H25N3O6S/c1-20(2,3)29-19(25)22-16-12-14(9-10-17(16)28-4)21-18(24)13-7-6-8-15(11-13)23-30(5,26)27/h6-12,23H,1-5H3,(H,21,24)(H,22,25). The van der Waals surface area contributed by atoms with Crippen molar-refractivity contribution in [2.45, 2.75) is 26.4 Å². The van der Waals surface area contributed by atoms with E-state index in [1.54, 1.807) is 45.0 Å². The molecule has 3 N–H and O–H groups in total. The lowest BCUT2D eigenvalue weighted by Gasteiger charge is -2.20. The average Bonchev–Trinajstić information content (AvgIpc) is 2.59. The van der Waals surface area contributed by atoms with E-state index in [1.807, 2.05) is 0 Å². The van der Waals surface area contributed by atoms with Crippen LogP contribution in [0.1, 0.15) is 31.1 Å². The summed E-state index contributed by atoms with van der Waals surface area (Å²) in [7, 11) is -2.01. The molecule has 0 aliphatic heterocycles. The summed E-state index contributed by atoms with van der Waals surface area (Å²) in [5, 5.41) is 5.29. The van der Waals surface area contributed by atoms with Gasteiger partial charge < -0.3 is 14.8 Å². The van der Waals surface area contributed by atoms with Crippen LogP contribution in [0.4, 0.5) is 21.9 Å². The van der Waals surface area contributed by atoms with E-state index in [4.69, 9.17) is 9.47 Å². The third kappa shape index (κ3) is 7.28. The molecule has 0 unspecified atom stereocenters. The Balaban J connectivity index is 2.19. The number of carbonyl (C=O) groups excluding carboxylic acids is 2. The van der Waals surface area contributed by atoms with Gasteiger partial charge in [0.25, 0.3) is 5.91 Å². The van der Waals surface area contributed by atoms with Crippen LogP contribution in [0.3, 0.4) is 0 Å². The molecule has 0 aromatic heterocycles. The second-order valence-electron chi connectivity index (χ2n) is 7.45. The molecule has 2 amide bonds. The van der Waals surface area contributed by atoms with Gasteiger partial charge in [0.2, 0.25) is 10.0 Å². The van der Waals surface area contributed by atoms with Gasteiger partial charge in [0.15, 0.2) is 0 Å². The first-order chi connectivity index (χ1) is 13.9. The maximum absolute atomic E-state index is 12.6. The van der Waals surface area contributed by atoms with Crippen molar-refractivity contribution in [2.24, 2.45) is 0 Å². The Bertz CT molecular complexity index is 1040. The molecule has 0 bridgehead atoms. The molecular formula is C20H25N3O6S. The van der Waals surface area contributed by atoms with Crippen molar-refractivity contribution in [2.75, 3.05) is 28.7 Å². The third-order valence-corrected chi connectivity index (χ3v) is 4.13. The molecule has 0 aliphatic carbocycles. The summed E-state index contributed by atoms with van der Waals surface area (Å²) in [4.78, 5) is 24.6. The van der Waals surface area contributed by atoms with Crippen LogP contribution in [0, 0.1) is 0 Å². The van der Waals surface area contributed by atoms with Crippen LogP contribution >= 0.6 is 0 Å². The monoisotopic (exact) mass is 435 g/mol. The number of hydrogen-bond donors (Lipinski definition) is 3. The number of amides is 2. The van der Waals surface area contributed by atoms with Gasteiger partial charge in [0.1, 0.15) is 11.4 Å². The molecule has 2 aromatic carbocycles. The highest BCUT2D eigenvalue weighted by Gasteiger charge is 2.18. The molecule has 0 radical (unpaired) electrons. The minimum absolute atomic E-state index is 0.251. The van der Waals surface area contributed by atoms with Crippen LogP contribution in [0.25, 0.3) is 0 Å². The van der Waals surface area contributed by atoms with Crippen molar-refractivity contribution in [3.8, 4) is 5.75 Å². The van der Waals surface area contributed by atoms with Crippen LogP contribution in [0.2, 0.25) is 0 Å². The maximum atomic E-state index is 12.6. The number of benzene rings is 2. The van der Waals surface area contributed by atoms with Crippen molar-refractivity contribution >= 4 is 39.1 Å². The second kappa shape index (κ2) is 9.04. The summed E-state index contributed by atoms with van der Waals surface area (Å²) < 4.78 is 35.5. The maximum Gasteiger partial charge on any atom is 0.412 e. The van der Waals surface area contributed by atoms with Crippen LogP contribution < -0.4 is 20.1 Å². The number of methoxy groups -OCH3 is 1. The van der Waals surface area contributed by atoms with Gasteiger partial charge in [-0.25, -0.2) is 13.2 Å². The number of hydrogen-bond acceptors (Lipinski definition) is 6. The Kier molecular flexibility index (Phi) is 6.93. The van der Waals surface area contributed by atoms with Gasteiger partial charge in [-0.05, 0) is 57.2 Å². The second-order valence-corrected chi connectivity index (χ2v) is 9.20. The first-order valence-electron chi connectivity index (χ1n) is 8.93. The van der Waals surface area contributed by atoms with Gasteiger partial charge >= 0.3 is 6.09 Å². The zero-order valence-corrected chi connectivity index (χ0v) is 18.2. The molecule has 10 heteroatoms. The summed E-state index contributed by atoms with van der Waals surface area (Å²) >= 11 is 0. The highest BCUT2D eigenvalue weighted by molar-refractivity contribution is 7.92. The van der Waals surface area contributed by atoms with Crippen molar-refractivity contribution in [1.82, 2.24) is 0 Å². The van der Waals surface area contributed by atoms with Gasteiger partial charge in [-0.2, -0.15) is 0 Å². The highest BCUT2D eigenvalue weighted by atomic mass is 32.2. The van der Waals surface area contributed by atoms with E-state index in [0.29, 0.717) is 17.1 Å². The lowest BCUT2D eigenvalue weighted by Crippen LogP contribution is -2.27. The molecule has 2 aromatic rings. The zero-order valence-electron chi connectivity index (χ0n) is 17.4. The number of ether oxygens (including phenoxy) is 2. The quantitative estimate of drug-likeness (QED) is 0.636. The van der Waals surface area contributed by atoms with E-state index in [0.717, 1.165) is 6.26 Å². The molecule has 0 spiro atoms. The summed E-state index contributed by atoms with van der Waals surface area (Å²) in [6.45, 7) is 5.23. The summed E-state index contributed by atoms with van der Waals surface area (Å²) in [6, 6.07) is 10.8. The lowest BCUT2D eigenvalue weighted by molar-refractivity contribution is 0.0635. The molecule has 162 valence electrons.